The molecule has 1 unspecified atom stereocenters. The molecule has 6 nitrogen and oxygen atoms in total. The summed E-state index contributed by atoms with van der Waals surface area (Å²) in [6.07, 6.45) is 1.73. The van der Waals surface area contributed by atoms with Crippen molar-refractivity contribution in [1.82, 2.24) is 9.97 Å². The number of rotatable bonds is 10. The Morgan fingerprint density at radius 1 is 1.18 bits per heavy atom. The Balaban J connectivity index is 1.71. The van der Waals surface area contributed by atoms with Crippen LogP contribution in [0.4, 0.5) is 5.82 Å². The Labute approximate surface area is 195 Å². The zero-order chi connectivity index (χ0) is 19.8. The molecule has 1 aromatic carbocycles. The van der Waals surface area contributed by atoms with Gasteiger partial charge in [-0.25, -0.2) is 9.97 Å². The molecule has 0 spiro atoms. The van der Waals surface area contributed by atoms with E-state index < -0.39 is 0 Å². The second-order valence-corrected chi connectivity index (χ2v) is 8.86. The third kappa shape index (κ3) is 6.27. The number of halogens is 2. The number of hydrogen-bond donors (Lipinski definition) is 1. The Morgan fingerprint density at radius 2 is 2.07 bits per heavy atom. The van der Waals surface area contributed by atoms with Crippen molar-refractivity contribution in [2.24, 2.45) is 0 Å². The predicted molar refractivity (Wildman–Crippen MR) is 135 cm³/mol. The van der Waals surface area contributed by atoms with Crippen molar-refractivity contribution in [3.05, 3.63) is 48.7 Å². The third-order valence-corrected chi connectivity index (χ3v) is 6.09. The Morgan fingerprint density at radius 3 is 2.79 bits per heavy atom. The topological polar surface area (TPSA) is 65.5 Å². The number of aromatic nitrogens is 2. The molecule has 0 aliphatic heterocycles. The van der Waals surface area contributed by atoms with Crippen LogP contribution in [0.25, 0.3) is 22.2 Å². The van der Waals surface area contributed by atoms with Crippen LogP contribution < -0.4 is 10.1 Å². The summed E-state index contributed by atoms with van der Waals surface area (Å²) >= 11 is 4.29. The van der Waals surface area contributed by atoms with Crippen LogP contribution in [0, 0.1) is 0 Å². The van der Waals surface area contributed by atoms with Gasteiger partial charge in [-0.15, -0.1) is 0 Å². The Bertz CT molecular complexity index is 905. The second kappa shape index (κ2) is 11.7. The van der Waals surface area contributed by atoms with E-state index >= 15 is 0 Å². The zero-order valence-corrected chi connectivity index (χ0v) is 21.0. The second-order valence-electron chi connectivity index (χ2n) is 5.71. The monoisotopic (exact) mass is 641 g/mol. The fraction of sp³-hybridized carbons (Fsp3) is 0.222. The van der Waals surface area contributed by atoms with Gasteiger partial charge >= 0.3 is 0 Å². The van der Waals surface area contributed by atoms with Crippen LogP contribution in [0.1, 0.15) is 0 Å². The van der Waals surface area contributed by atoms with E-state index in [4.69, 9.17) is 18.4 Å². The minimum Gasteiger partial charge on any atom is -0.491 e. The van der Waals surface area contributed by atoms with Crippen LogP contribution >= 0.6 is 58.9 Å². The first-order valence-corrected chi connectivity index (χ1v) is 15.6. The zero-order valence-electron chi connectivity index (χ0n) is 14.9. The average molecular weight is 641 g/mol. The lowest BCUT2D eigenvalue weighted by Gasteiger charge is -2.16. The van der Waals surface area contributed by atoms with Gasteiger partial charge in [0.15, 0.2) is 0 Å². The molecule has 3 rings (SSSR count). The van der Waals surface area contributed by atoms with Gasteiger partial charge in [0.1, 0.15) is 24.3 Å². The summed E-state index contributed by atoms with van der Waals surface area (Å²) in [5, 5.41) is 4.04. The highest BCUT2D eigenvalue weighted by molar-refractivity contribution is 14.2. The van der Waals surface area contributed by atoms with E-state index in [1.807, 2.05) is 55.7 Å². The van der Waals surface area contributed by atoms with Gasteiger partial charge in [0, 0.05) is 45.4 Å². The number of pyridine rings is 2. The molecule has 2 atom stereocenters. The standard InChI is InChI=1S/C18H18I2N3O3PS/c1-21-18-7-3-13(9-22-18)17-5-2-12-8-14(4-6-16(12)23-17)24-10-15(26-27-19)11-25-28-20/h2-9,15,27H,10-11H2,1H3,(H,21,22)/t15-/m0/s1. The molecule has 0 radical (unpaired) electrons. The van der Waals surface area contributed by atoms with Gasteiger partial charge in [-0.2, -0.15) is 0 Å². The summed E-state index contributed by atoms with van der Waals surface area (Å²) in [6.45, 7) is 1.29. The van der Waals surface area contributed by atoms with Crippen molar-refractivity contribution in [1.29, 1.82) is 0 Å². The van der Waals surface area contributed by atoms with Crippen molar-refractivity contribution in [3.63, 3.8) is 0 Å². The summed E-state index contributed by atoms with van der Waals surface area (Å²) in [4.78, 5) is 9.09. The number of nitrogens with zero attached hydrogens (tertiary/aromatic N) is 2. The van der Waals surface area contributed by atoms with E-state index in [9.17, 15) is 0 Å². The van der Waals surface area contributed by atoms with Crippen LogP contribution in [-0.4, -0.2) is 36.3 Å². The predicted octanol–water partition coefficient (Wildman–Crippen LogP) is 6.06. The normalized spacial score (nSPS) is 12.5. The Hall–Kier alpha value is -0.460. The minimum absolute atomic E-state index is 0.0956. The maximum absolute atomic E-state index is 5.91. The lowest BCUT2D eigenvalue weighted by Crippen LogP contribution is -2.23. The molecule has 0 bridgehead atoms. The summed E-state index contributed by atoms with van der Waals surface area (Å²) in [7, 11) is 3.15. The summed E-state index contributed by atoms with van der Waals surface area (Å²) in [5.41, 5.74) is 2.78. The first kappa shape index (κ1) is 22.2. The maximum Gasteiger partial charge on any atom is 0.125 e. The van der Waals surface area contributed by atoms with E-state index in [0.717, 1.165) is 33.7 Å². The van der Waals surface area contributed by atoms with Gasteiger partial charge < -0.3 is 18.8 Å². The number of anilines is 1. The molecule has 148 valence electrons. The summed E-state index contributed by atoms with van der Waals surface area (Å²) in [5.74, 6) is 1.62. The van der Waals surface area contributed by atoms with Crippen molar-refractivity contribution < 1.29 is 13.4 Å². The third-order valence-electron chi connectivity index (χ3n) is 3.92. The maximum atomic E-state index is 5.91. The summed E-state index contributed by atoms with van der Waals surface area (Å²) < 4.78 is 16.9. The smallest absolute Gasteiger partial charge is 0.125 e. The molecular weight excluding hydrogens is 623 g/mol. The Kier molecular flexibility index (Phi) is 9.25. The molecule has 2 aromatic heterocycles. The van der Waals surface area contributed by atoms with Gasteiger partial charge in [-0.05, 0) is 58.4 Å². The highest BCUT2D eigenvalue weighted by Crippen LogP contribution is 2.27. The fourth-order valence-electron chi connectivity index (χ4n) is 2.52. The van der Waals surface area contributed by atoms with Gasteiger partial charge in [0.25, 0.3) is 0 Å². The lowest BCUT2D eigenvalue weighted by molar-refractivity contribution is 0.107. The number of fused-ring (bicyclic) bond motifs is 1. The van der Waals surface area contributed by atoms with Crippen molar-refractivity contribution >= 4 is 75.6 Å². The van der Waals surface area contributed by atoms with E-state index in [-0.39, 0.29) is 6.10 Å². The van der Waals surface area contributed by atoms with Crippen molar-refractivity contribution in [2.45, 2.75) is 6.10 Å². The van der Waals surface area contributed by atoms with E-state index in [1.54, 1.807) is 0 Å². The first-order chi connectivity index (χ1) is 13.7. The molecule has 0 aliphatic rings. The molecular formula is C18H18I2N3O3PS. The van der Waals surface area contributed by atoms with Crippen molar-refractivity contribution in [3.8, 4) is 17.0 Å². The van der Waals surface area contributed by atoms with Crippen LogP contribution in [0.5, 0.6) is 5.75 Å². The SMILES string of the molecule is CNc1ccc(-c2ccc3cc(OC[C@@H](COSI)OPI)ccc3n2)cn1. The molecule has 28 heavy (non-hydrogen) atoms. The quantitative estimate of drug-likeness (QED) is 0.164. The summed E-state index contributed by atoms with van der Waals surface area (Å²) in [6, 6.07) is 13.9. The molecule has 0 saturated heterocycles. The number of nitrogens with one attached hydrogen (secondary N) is 1. The number of ether oxygens (including phenoxy) is 1. The van der Waals surface area contributed by atoms with Gasteiger partial charge in [0.2, 0.25) is 0 Å². The molecule has 0 aliphatic carbocycles. The first-order valence-electron chi connectivity index (χ1n) is 8.32. The van der Waals surface area contributed by atoms with E-state index in [1.165, 1.54) is 9.21 Å². The van der Waals surface area contributed by atoms with Crippen LogP contribution in [0.2, 0.25) is 0 Å². The minimum atomic E-state index is -0.0956. The number of hydrogen-bond acceptors (Lipinski definition) is 7. The van der Waals surface area contributed by atoms with E-state index in [0.29, 0.717) is 19.7 Å². The van der Waals surface area contributed by atoms with Gasteiger partial charge in [-0.3, -0.25) is 0 Å². The molecule has 3 aromatic rings. The molecule has 0 saturated carbocycles. The molecule has 10 heteroatoms. The van der Waals surface area contributed by atoms with Gasteiger partial charge in [-0.1, -0.05) is 6.07 Å². The average Bonchev–Trinajstić information content (AvgIpc) is 2.75. The molecule has 2 heterocycles. The lowest BCUT2D eigenvalue weighted by atomic mass is 10.1. The van der Waals surface area contributed by atoms with E-state index in [2.05, 4.69) is 53.5 Å². The molecule has 0 amide bonds. The van der Waals surface area contributed by atoms with Crippen molar-refractivity contribution in [2.75, 3.05) is 25.6 Å². The number of benzene rings is 1. The van der Waals surface area contributed by atoms with Gasteiger partial charge in [0.05, 0.1) is 33.5 Å². The van der Waals surface area contributed by atoms with Crippen LogP contribution in [0.3, 0.4) is 0 Å². The molecule has 0 fully saturated rings. The van der Waals surface area contributed by atoms with Crippen LogP contribution in [0.15, 0.2) is 48.7 Å². The largest absolute Gasteiger partial charge is 0.491 e. The highest BCUT2D eigenvalue weighted by atomic mass is 127. The van der Waals surface area contributed by atoms with Crippen LogP contribution in [-0.2, 0) is 8.71 Å². The molecule has 1 N–H and O–H groups in total. The highest BCUT2D eigenvalue weighted by Gasteiger charge is 2.11. The fourth-order valence-corrected chi connectivity index (χ4v) is 4.50.